The summed E-state index contributed by atoms with van der Waals surface area (Å²) in [4.78, 5) is 12.3. The molecule has 0 aliphatic heterocycles. The molecule has 4 aromatic rings. The third kappa shape index (κ3) is 4.33. The van der Waals surface area contributed by atoms with E-state index in [1.54, 1.807) is 24.5 Å². The highest BCUT2D eigenvalue weighted by Crippen LogP contribution is 2.33. The van der Waals surface area contributed by atoms with Gasteiger partial charge in [0.15, 0.2) is 0 Å². The third-order valence-corrected chi connectivity index (χ3v) is 4.54. The Balaban J connectivity index is 1.70. The standard InChI is InChI=1S/C23H21FN4O/c24-19-6-2-16(3-7-19)21-22(17-10-13-26-14-11-17)28-23(27-21)18-4-8-20(9-5-18)29-15-1-12-25/h2-11,13-14H,1,12,15,25H2,(H,27,28). The summed E-state index contributed by atoms with van der Waals surface area (Å²) in [6, 6.07) is 17.9. The van der Waals surface area contributed by atoms with Gasteiger partial charge in [-0.15, -0.1) is 0 Å². The van der Waals surface area contributed by atoms with Gasteiger partial charge in [0.25, 0.3) is 0 Å². The Morgan fingerprint density at radius 3 is 2.24 bits per heavy atom. The summed E-state index contributed by atoms with van der Waals surface area (Å²) >= 11 is 0. The van der Waals surface area contributed by atoms with Crippen LogP contribution in [0.15, 0.2) is 73.1 Å². The number of H-pyrrole nitrogens is 1. The lowest BCUT2D eigenvalue weighted by Crippen LogP contribution is -2.05. The van der Waals surface area contributed by atoms with E-state index in [1.165, 1.54) is 12.1 Å². The average molecular weight is 388 g/mol. The van der Waals surface area contributed by atoms with Crippen LogP contribution in [-0.4, -0.2) is 28.1 Å². The topological polar surface area (TPSA) is 76.8 Å². The van der Waals surface area contributed by atoms with Crippen molar-refractivity contribution in [2.45, 2.75) is 6.42 Å². The number of ether oxygens (including phenoxy) is 1. The molecular formula is C23H21FN4O. The van der Waals surface area contributed by atoms with Gasteiger partial charge in [0.2, 0.25) is 0 Å². The summed E-state index contributed by atoms with van der Waals surface area (Å²) in [6.07, 6.45) is 4.28. The molecule has 29 heavy (non-hydrogen) atoms. The highest BCUT2D eigenvalue weighted by Gasteiger charge is 2.15. The average Bonchev–Trinajstić information content (AvgIpc) is 3.21. The van der Waals surface area contributed by atoms with Crippen LogP contribution in [0.5, 0.6) is 5.75 Å². The van der Waals surface area contributed by atoms with Crippen LogP contribution in [0.25, 0.3) is 33.9 Å². The molecule has 0 spiro atoms. The maximum atomic E-state index is 13.4. The van der Waals surface area contributed by atoms with Crippen molar-refractivity contribution in [2.24, 2.45) is 5.73 Å². The van der Waals surface area contributed by atoms with Crippen molar-refractivity contribution in [2.75, 3.05) is 13.2 Å². The lowest BCUT2D eigenvalue weighted by atomic mass is 10.1. The molecule has 6 heteroatoms. The number of aromatic amines is 1. The van der Waals surface area contributed by atoms with E-state index >= 15 is 0 Å². The number of aromatic nitrogens is 3. The molecule has 0 amide bonds. The fourth-order valence-corrected chi connectivity index (χ4v) is 3.04. The van der Waals surface area contributed by atoms with Gasteiger partial charge in [0.05, 0.1) is 18.0 Å². The normalized spacial score (nSPS) is 10.8. The van der Waals surface area contributed by atoms with Crippen LogP contribution in [0, 0.1) is 5.82 Å². The first kappa shape index (κ1) is 18.8. The van der Waals surface area contributed by atoms with E-state index in [0.717, 1.165) is 46.1 Å². The van der Waals surface area contributed by atoms with Crippen LogP contribution in [0.3, 0.4) is 0 Å². The minimum absolute atomic E-state index is 0.278. The van der Waals surface area contributed by atoms with Gasteiger partial charge in [-0.1, -0.05) is 0 Å². The molecule has 2 aromatic carbocycles. The molecule has 0 saturated heterocycles. The SMILES string of the molecule is NCCCOc1ccc(-c2nc(-c3ccc(F)cc3)c(-c3ccncc3)[nH]2)cc1. The molecule has 4 rings (SSSR count). The van der Waals surface area contributed by atoms with E-state index in [2.05, 4.69) is 9.97 Å². The summed E-state index contributed by atoms with van der Waals surface area (Å²) < 4.78 is 19.1. The number of hydrogen-bond donors (Lipinski definition) is 2. The van der Waals surface area contributed by atoms with E-state index in [1.807, 2.05) is 36.4 Å². The van der Waals surface area contributed by atoms with Crippen LogP contribution in [-0.2, 0) is 0 Å². The Morgan fingerprint density at radius 2 is 1.55 bits per heavy atom. The van der Waals surface area contributed by atoms with Gasteiger partial charge >= 0.3 is 0 Å². The minimum atomic E-state index is -0.278. The predicted molar refractivity (Wildman–Crippen MR) is 112 cm³/mol. The number of benzene rings is 2. The van der Waals surface area contributed by atoms with Gasteiger partial charge in [-0.3, -0.25) is 4.98 Å². The zero-order valence-corrected chi connectivity index (χ0v) is 15.8. The molecule has 0 atom stereocenters. The number of pyridine rings is 1. The Kier molecular flexibility index (Phi) is 5.63. The second kappa shape index (κ2) is 8.67. The van der Waals surface area contributed by atoms with Crippen molar-refractivity contribution in [3.8, 4) is 39.7 Å². The lowest BCUT2D eigenvalue weighted by Gasteiger charge is -2.05. The first-order valence-corrected chi connectivity index (χ1v) is 9.44. The number of imidazole rings is 1. The van der Waals surface area contributed by atoms with Crippen molar-refractivity contribution in [1.29, 1.82) is 0 Å². The van der Waals surface area contributed by atoms with Crippen LogP contribution in [0.1, 0.15) is 6.42 Å². The van der Waals surface area contributed by atoms with Gasteiger partial charge in [0.1, 0.15) is 17.4 Å². The Hall–Kier alpha value is -3.51. The van der Waals surface area contributed by atoms with E-state index in [9.17, 15) is 4.39 Å². The van der Waals surface area contributed by atoms with Gasteiger partial charge in [0, 0.05) is 29.1 Å². The summed E-state index contributed by atoms with van der Waals surface area (Å²) in [6.45, 7) is 1.20. The Morgan fingerprint density at radius 1 is 0.862 bits per heavy atom. The van der Waals surface area contributed by atoms with Crippen molar-refractivity contribution < 1.29 is 9.13 Å². The molecule has 0 radical (unpaired) electrons. The van der Waals surface area contributed by atoms with Gasteiger partial charge in [-0.2, -0.15) is 0 Å². The third-order valence-electron chi connectivity index (χ3n) is 4.54. The van der Waals surface area contributed by atoms with E-state index in [4.69, 9.17) is 15.5 Å². The second-order valence-electron chi connectivity index (χ2n) is 6.57. The molecule has 0 saturated carbocycles. The molecular weight excluding hydrogens is 367 g/mol. The van der Waals surface area contributed by atoms with Crippen molar-refractivity contribution >= 4 is 0 Å². The van der Waals surface area contributed by atoms with E-state index in [0.29, 0.717) is 13.2 Å². The number of halogens is 1. The van der Waals surface area contributed by atoms with Gasteiger partial charge in [-0.25, -0.2) is 9.37 Å². The quantitative estimate of drug-likeness (QED) is 0.451. The van der Waals surface area contributed by atoms with Crippen molar-refractivity contribution in [3.63, 3.8) is 0 Å². The summed E-state index contributed by atoms with van der Waals surface area (Å²) in [5, 5.41) is 0. The minimum Gasteiger partial charge on any atom is -0.494 e. The number of hydrogen-bond acceptors (Lipinski definition) is 4. The zero-order chi connectivity index (χ0) is 20.1. The van der Waals surface area contributed by atoms with Crippen LogP contribution in [0.4, 0.5) is 4.39 Å². The molecule has 0 bridgehead atoms. The Labute approximate surface area is 168 Å². The molecule has 3 N–H and O–H groups in total. The monoisotopic (exact) mass is 388 g/mol. The summed E-state index contributed by atoms with van der Waals surface area (Å²) in [7, 11) is 0. The van der Waals surface area contributed by atoms with Crippen LogP contribution in [0.2, 0.25) is 0 Å². The fourth-order valence-electron chi connectivity index (χ4n) is 3.04. The van der Waals surface area contributed by atoms with Crippen LogP contribution >= 0.6 is 0 Å². The van der Waals surface area contributed by atoms with E-state index < -0.39 is 0 Å². The first-order valence-electron chi connectivity index (χ1n) is 9.44. The predicted octanol–water partition coefficient (Wildman–Crippen LogP) is 4.67. The van der Waals surface area contributed by atoms with E-state index in [-0.39, 0.29) is 5.82 Å². The molecule has 0 unspecified atom stereocenters. The van der Waals surface area contributed by atoms with Gasteiger partial charge < -0.3 is 15.5 Å². The summed E-state index contributed by atoms with van der Waals surface area (Å²) in [5.41, 5.74) is 9.84. The Bertz CT molecular complexity index is 1060. The molecule has 0 fully saturated rings. The number of rotatable bonds is 7. The highest BCUT2D eigenvalue weighted by atomic mass is 19.1. The van der Waals surface area contributed by atoms with Crippen molar-refractivity contribution in [3.05, 3.63) is 78.9 Å². The second-order valence-corrected chi connectivity index (χ2v) is 6.57. The fraction of sp³-hybridized carbons (Fsp3) is 0.130. The van der Waals surface area contributed by atoms with Crippen LogP contribution < -0.4 is 10.5 Å². The largest absolute Gasteiger partial charge is 0.494 e. The first-order chi connectivity index (χ1) is 14.2. The molecule has 0 aliphatic rings. The maximum absolute atomic E-state index is 13.4. The number of nitrogens with one attached hydrogen (secondary N) is 1. The smallest absolute Gasteiger partial charge is 0.138 e. The van der Waals surface area contributed by atoms with Crippen molar-refractivity contribution in [1.82, 2.24) is 15.0 Å². The number of nitrogens with two attached hydrogens (primary N) is 1. The lowest BCUT2D eigenvalue weighted by molar-refractivity contribution is 0.313. The summed E-state index contributed by atoms with van der Waals surface area (Å²) in [5.74, 6) is 1.24. The molecule has 0 aliphatic carbocycles. The molecule has 146 valence electrons. The highest BCUT2D eigenvalue weighted by molar-refractivity contribution is 5.81. The number of nitrogens with zero attached hydrogens (tertiary/aromatic N) is 2. The molecule has 2 heterocycles. The molecule has 5 nitrogen and oxygen atoms in total. The zero-order valence-electron chi connectivity index (χ0n) is 15.8. The molecule has 2 aromatic heterocycles. The van der Waals surface area contributed by atoms with Gasteiger partial charge in [-0.05, 0) is 73.6 Å². The maximum Gasteiger partial charge on any atom is 0.138 e.